The first kappa shape index (κ1) is 11.6. The van der Waals surface area contributed by atoms with Crippen LogP contribution in [-0.4, -0.2) is 29.4 Å². The van der Waals surface area contributed by atoms with Crippen molar-refractivity contribution in [2.24, 2.45) is 0 Å². The molecule has 7 heteroatoms. The number of methoxy groups -OCH3 is 1. The van der Waals surface area contributed by atoms with E-state index in [1.54, 1.807) is 0 Å². The topological polar surface area (TPSA) is 107 Å². The Kier molecular flexibility index (Phi) is 3.19. The fraction of sp³-hybridized carbons (Fsp3) is 0.111. The average molecular weight is 225 g/mol. The number of ether oxygens (including phenoxy) is 1. The minimum absolute atomic E-state index is 0.000139. The van der Waals surface area contributed by atoms with Gasteiger partial charge >= 0.3 is 11.7 Å². The average Bonchev–Trinajstić information content (AvgIpc) is 2.26. The van der Waals surface area contributed by atoms with E-state index in [4.69, 9.17) is 5.11 Å². The first-order valence-electron chi connectivity index (χ1n) is 4.06. The number of rotatable bonds is 4. The Morgan fingerprint density at radius 3 is 2.56 bits per heavy atom. The molecule has 0 aromatic heterocycles. The quantitative estimate of drug-likeness (QED) is 0.467. The van der Waals surface area contributed by atoms with Crippen molar-refractivity contribution < 1.29 is 24.4 Å². The van der Waals surface area contributed by atoms with Crippen LogP contribution in [0.3, 0.4) is 0 Å². The van der Waals surface area contributed by atoms with Crippen LogP contribution in [0.25, 0.3) is 0 Å². The van der Waals surface area contributed by atoms with Crippen LogP contribution in [0.4, 0.5) is 5.69 Å². The molecule has 0 amide bonds. The van der Waals surface area contributed by atoms with Crippen molar-refractivity contribution in [2.45, 2.75) is 0 Å². The molecule has 0 saturated carbocycles. The maximum atomic E-state index is 10.8. The molecule has 1 aromatic rings. The summed E-state index contributed by atoms with van der Waals surface area (Å²) in [6, 6.07) is 2.04. The third-order valence-corrected chi connectivity index (χ3v) is 1.87. The van der Waals surface area contributed by atoms with Crippen molar-refractivity contribution in [1.29, 1.82) is 0 Å². The first-order valence-corrected chi connectivity index (χ1v) is 4.06. The van der Waals surface area contributed by atoms with Crippen molar-refractivity contribution in [3.05, 3.63) is 33.4 Å². The maximum Gasteiger partial charge on any atom is 0.342 e. The van der Waals surface area contributed by atoms with Crippen molar-refractivity contribution in [3.63, 3.8) is 0 Å². The highest BCUT2D eigenvalue weighted by Gasteiger charge is 2.26. The van der Waals surface area contributed by atoms with Crippen molar-refractivity contribution in [1.82, 2.24) is 0 Å². The van der Waals surface area contributed by atoms with Gasteiger partial charge in [-0.25, -0.2) is 4.79 Å². The molecule has 0 heterocycles. The molecule has 0 saturated heterocycles. The molecule has 0 spiro atoms. The Bertz CT molecular complexity index is 467. The number of carbonyl (C=O) groups excluding carboxylic acids is 1. The van der Waals surface area contributed by atoms with Gasteiger partial charge in [0.25, 0.3) is 0 Å². The molecular weight excluding hydrogens is 218 g/mol. The third kappa shape index (κ3) is 1.97. The Hall–Kier alpha value is -2.44. The zero-order valence-electron chi connectivity index (χ0n) is 8.17. The summed E-state index contributed by atoms with van der Waals surface area (Å²) in [6.45, 7) is 0. The summed E-state index contributed by atoms with van der Waals surface area (Å²) in [4.78, 5) is 31.1. The monoisotopic (exact) mass is 225 g/mol. The van der Waals surface area contributed by atoms with Gasteiger partial charge in [0.05, 0.1) is 12.0 Å². The summed E-state index contributed by atoms with van der Waals surface area (Å²) in [7, 11) is 1.16. The van der Waals surface area contributed by atoms with Gasteiger partial charge in [0, 0.05) is 5.56 Å². The van der Waals surface area contributed by atoms with Crippen molar-refractivity contribution in [2.75, 3.05) is 7.11 Å². The van der Waals surface area contributed by atoms with Crippen LogP contribution in [-0.2, 0) is 0 Å². The number of nitro benzene ring substituents is 1. The molecule has 0 unspecified atom stereocenters. The molecule has 1 rings (SSSR count). The minimum Gasteiger partial charge on any atom is -0.490 e. The molecule has 0 aliphatic carbocycles. The van der Waals surface area contributed by atoms with Gasteiger partial charge in [-0.05, 0) is 12.1 Å². The Morgan fingerprint density at radius 1 is 1.56 bits per heavy atom. The second-order valence-electron chi connectivity index (χ2n) is 2.80. The third-order valence-electron chi connectivity index (χ3n) is 1.87. The second-order valence-corrected chi connectivity index (χ2v) is 2.80. The fourth-order valence-electron chi connectivity index (χ4n) is 1.20. The van der Waals surface area contributed by atoms with Crippen LogP contribution < -0.4 is 4.74 Å². The van der Waals surface area contributed by atoms with E-state index >= 15 is 0 Å². The van der Waals surface area contributed by atoms with Gasteiger partial charge in [-0.1, -0.05) is 0 Å². The van der Waals surface area contributed by atoms with E-state index in [-0.39, 0.29) is 11.3 Å². The maximum absolute atomic E-state index is 10.8. The lowest BCUT2D eigenvalue weighted by molar-refractivity contribution is -0.386. The standard InChI is InChI=1S/C9H7NO6/c1-16-7-3-5(4-11)2-6(9(12)13)8(7)10(14)15/h2-4H,1H3,(H,12,13). The van der Waals surface area contributed by atoms with Gasteiger partial charge in [0.1, 0.15) is 11.8 Å². The molecule has 7 nitrogen and oxygen atoms in total. The molecule has 0 fully saturated rings. The van der Waals surface area contributed by atoms with E-state index in [1.807, 2.05) is 0 Å². The van der Waals surface area contributed by atoms with E-state index < -0.39 is 22.1 Å². The number of carbonyl (C=O) groups is 2. The smallest absolute Gasteiger partial charge is 0.342 e. The number of aldehydes is 1. The normalized spacial score (nSPS) is 9.56. The van der Waals surface area contributed by atoms with Crippen molar-refractivity contribution >= 4 is 17.9 Å². The number of hydrogen-bond donors (Lipinski definition) is 1. The molecule has 16 heavy (non-hydrogen) atoms. The van der Waals surface area contributed by atoms with Crippen molar-refractivity contribution in [3.8, 4) is 5.75 Å². The summed E-state index contributed by atoms with van der Waals surface area (Å²) in [5, 5.41) is 19.5. The zero-order chi connectivity index (χ0) is 12.3. The number of hydrogen-bond acceptors (Lipinski definition) is 5. The van der Waals surface area contributed by atoms with Gasteiger partial charge in [-0.15, -0.1) is 0 Å². The predicted octanol–water partition coefficient (Wildman–Crippen LogP) is 1.11. The summed E-state index contributed by atoms with van der Waals surface area (Å²) >= 11 is 0. The Morgan fingerprint density at radius 2 is 2.19 bits per heavy atom. The molecule has 0 atom stereocenters. The number of nitro groups is 1. The molecule has 1 aromatic carbocycles. The predicted molar refractivity (Wildman–Crippen MR) is 52.0 cm³/mol. The number of carboxylic acid groups (broad SMARTS) is 1. The van der Waals surface area contributed by atoms with E-state index in [0.29, 0.717) is 6.29 Å². The van der Waals surface area contributed by atoms with Crippen LogP contribution in [0.5, 0.6) is 5.75 Å². The zero-order valence-corrected chi connectivity index (χ0v) is 8.17. The van der Waals surface area contributed by atoms with E-state index in [0.717, 1.165) is 19.2 Å². The number of carboxylic acids is 1. The lowest BCUT2D eigenvalue weighted by atomic mass is 10.1. The molecular formula is C9H7NO6. The van der Waals surface area contributed by atoms with Gasteiger partial charge in [0.15, 0.2) is 5.75 Å². The van der Waals surface area contributed by atoms with E-state index in [2.05, 4.69) is 4.74 Å². The van der Waals surface area contributed by atoms with Crippen LogP contribution in [0.1, 0.15) is 20.7 Å². The van der Waals surface area contributed by atoms with E-state index in [9.17, 15) is 19.7 Å². The number of nitrogens with zero attached hydrogens (tertiary/aromatic N) is 1. The van der Waals surface area contributed by atoms with Gasteiger partial charge in [0.2, 0.25) is 0 Å². The molecule has 0 radical (unpaired) electrons. The van der Waals surface area contributed by atoms with E-state index in [1.165, 1.54) is 0 Å². The van der Waals surface area contributed by atoms with Gasteiger partial charge in [-0.2, -0.15) is 0 Å². The summed E-state index contributed by atoms with van der Waals surface area (Å²) in [5.74, 6) is -1.75. The lowest BCUT2D eigenvalue weighted by Crippen LogP contribution is -2.05. The Balaban J connectivity index is 3.59. The highest BCUT2D eigenvalue weighted by Crippen LogP contribution is 2.31. The number of aromatic carboxylic acids is 1. The van der Waals surface area contributed by atoms with Crippen LogP contribution in [0, 0.1) is 10.1 Å². The molecule has 0 aliphatic rings. The second kappa shape index (κ2) is 4.39. The molecule has 84 valence electrons. The highest BCUT2D eigenvalue weighted by atomic mass is 16.6. The summed E-state index contributed by atoms with van der Waals surface area (Å²) in [5.41, 5.74) is -1.24. The SMILES string of the molecule is COc1cc(C=O)cc(C(=O)O)c1[N+](=O)[O-]. The molecule has 0 bridgehead atoms. The van der Waals surface area contributed by atoms with Gasteiger partial charge in [-0.3, -0.25) is 14.9 Å². The minimum atomic E-state index is -1.49. The van der Waals surface area contributed by atoms with Crippen LogP contribution in [0.15, 0.2) is 12.1 Å². The van der Waals surface area contributed by atoms with Crippen LogP contribution >= 0.6 is 0 Å². The molecule has 1 N–H and O–H groups in total. The molecule has 0 aliphatic heterocycles. The van der Waals surface area contributed by atoms with Gasteiger partial charge < -0.3 is 9.84 Å². The highest BCUT2D eigenvalue weighted by molar-refractivity contribution is 5.96. The lowest BCUT2D eigenvalue weighted by Gasteiger charge is -2.05. The fourth-order valence-corrected chi connectivity index (χ4v) is 1.20. The first-order chi connectivity index (χ1) is 7.51. The summed E-state index contributed by atoms with van der Waals surface area (Å²) < 4.78 is 4.68. The number of benzene rings is 1. The Labute approximate surface area is 89.4 Å². The summed E-state index contributed by atoms with van der Waals surface area (Å²) in [6.07, 6.45) is 0.388. The largest absolute Gasteiger partial charge is 0.490 e. The van der Waals surface area contributed by atoms with Crippen LogP contribution in [0.2, 0.25) is 0 Å².